The Hall–Kier alpha value is -3.81. The third kappa shape index (κ3) is 4.73. The molecule has 1 amide bonds. The summed E-state index contributed by atoms with van der Waals surface area (Å²) in [5.41, 5.74) is 2.47. The van der Waals surface area contributed by atoms with Crippen molar-refractivity contribution >= 4 is 23.2 Å². The summed E-state index contributed by atoms with van der Waals surface area (Å²) in [6.07, 6.45) is 1.51. The van der Waals surface area contributed by atoms with Crippen LogP contribution in [0.4, 0.5) is 17.3 Å². The molecule has 150 valence electrons. The van der Waals surface area contributed by atoms with Crippen LogP contribution in [0.25, 0.3) is 0 Å². The van der Waals surface area contributed by atoms with Gasteiger partial charge in [0.25, 0.3) is 5.91 Å². The van der Waals surface area contributed by atoms with Crippen molar-refractivity contribution < 1.29 is 19.0 Å². The number of anilines is 3. The van der Waals surface area contributed by atoms with Gasteiger partial charge in [-0.05, 0) is 42.8 Å². The zero-order valence-electron chi connectivity index (χ0n) is 16.6. The fourth-order valence-electron chi connectivity index (χ4n) is 2.67. The molecule has 0 saturated carbocycles. The standard InChI is InChI=1S/C21H22N4O4/c1-13-5-8-18(28-3)17(11-13)25-21-22-10-9-16(24-21)20(26)23-15-7-6-14(27-2)12-19(15)29-4/h5-12H,1-4H3,(H,23,26)(H,22,24,25). The topological polar surface area (TPSA) is 94.6 Å². The highest BCUT2D eigenvalue weighted by Crippen LogP contribution is 2.30. The second-order valence-electron chi connectivity index (χ2n) is 6.11. The molecule has 0 atom stereocenters. The number of nitrogens with zero attached hydrogens (tertiary/aromatic N) is 2. The summed E-state index contributed by atoms with van der Waals surface area (Å²) >= 11 is 0. The van der Waals surface area contributed by atoms with E-state index in [1.54, 1.807) is 32.4 Å². The molecule has 29 heavy (non-hydrogen) atoms. The maximum atomic E-state index is 12.7. The first-order chi connectivity index (χ1) is 14.0. The number of aryl methyl sites for hydroxylation is 1. The quantitative estimate of drug-likeness (QED) is 0.629. The Morgan fingerprint density at radius 1 is 0.897 bits per heavy atom. The number of methoxy groups -OCH3 is 3. The van der Waals surface area contributed by atoms with Crippen LogP contribution in [0.15, 0.2) is 48.7 Å². The van der Waals surface area contributed by atoms with Crippen molar-refractivity contribution in [3.8, 4) is 17.2 Å². The first-order valence-corrected chi connectivity index (χ1v) is 8.82. The maximum absolute atomic E-state index is 12.7. The summed E-state index contributed by atoms with van der Waals surface area (Å²) in [6, 6.07) is 12.4. The summed E-state index contributed by atoms with van der Waals surface area (Å²) in [5, 5.41) is 5.88. The number of nitrogens with one attached hydrogen (secondary N) is 2. The van der Waals surface area contributed by atoms with Crippen LogP contribution in [0.5, 0.6) is 17.2 Å². The zero-order chi connectivity index (χ0) is 20.8. The normalized spacial score (nSPS) is 10.2. The van der Waals surface area contributed by atoms with Gasteiger partial charge in [-0.25, -0.2) is 9.97 Å². The van der Waals surface area contributed by atoms with E-state index >= 15 is 0 Å². The minimum absolute atomic E-state index is 0.201. The number of hydrogen-bond acceptors (Lipinski definition) is 7. The molecule has 0 aliphatic rings. The largest absolute Gasteiger partial charge is 0.497 e. The third-order valence-corrected chi connectivity index (χ3v) is 4.15. The first kappa shape index (κ1) is 19.9. The molecule has 0 bridgehead atoms. The van der Waals surface area contributed by atoms with Crippen molar-refractivity contribution in [3.63, 3.8) is 0 Å². The Labute approximate surface area is 168 Å². The average Bonchev–Trinajstić information content (AvgIpc) is 2.74. The number of benzene rings is 2. The fourth-order valence-corrected chi connectivity index (χ4v) is 2.67. The fraction of sp³-hybridized carbons (Fsp3) is 0.190. The third-order valence-electron chi connectivity index (χ3n) is 4.15. The van der Waals surface area contributed by atoms with Crippen molar-refractivity contribution in [2.45, 2.75) is 6.92 Å². The highest BCUT2D eigenvalue weighted by Gasteiger charge is 2.14. The molecule has 8 heteroatoms. The van der Waals surface area contributed by atoms with Gasteiger partial charge in [0.1, 0.15) is 22.9 Å². The molecular formula is C21H22N4O4. The van der Waals surface area contributed by atoms with E-state index in [0.717, 1.165) is 5.56 Å². The Balaban J connectivity index is 1.81. The van der Waals surface area contributed by atoms with E-state index in [0.29, 0.717) is 28.6 Å². The van der Waals surface area contributed by atoms with E-state index in [2.05, 4.69) is 20.6 Å². The van der Waals surface area contributed by atoms with Gasteiger partial charge in [0.15, 0.2) is 0 Å². The lowest BCUT2D eigenvalue weighted by Crippen LogP contribution is -2.15. The SMILES string of the molecule is COc1ccc(NC(=O)c2ccnc(Nc3cc(C)ccc3OC)n2)c(OC)c1. The Bertz CT molecular complexity index is 1020. The molecule has 0 aliphatic carbocycles. The van der Waals surface area contributed by atoms with Gasteiger partial charge < -0.3 is 24.8 Å². The number of carbonyl (C=O) groups excluding carboxylic acids is 1. The summed E-state index contributed by atoms with van der Waals surface area (Å²) in [6.45, 7) is 1.97. The Kier molecular flexibility index (Phi) is 6.13. The van der Waals surface area contributed by atoms with E-state index in [9.17, 15) is 4.79 Å². The van der Waals surface area contributed by atoms with Crippen LogP contribution < -0.4 is 24.8 Å². The van der Waals surface area contributed by atoms with Gasteiger partial charge in [-0.3, -0.25) is 4.79 Å². The van der Waals surface area contributed by atoms with E-state index < -0.39 is 5.91 Å². The second kappa shape index (κ2) is 8.92. The summed E-state index contributed by atoms with van der Waals surface area (Å²) in [7, 11) is 4.67. The van der Waals surface area contributed by atoms with E-state index in [-0.39, 0.29) is 11.6 Å². The van der Waals surface area contributed by atoms with Gasteiger partial charge in [-0.1, -0.05) is 6.07 Å². The minimum Gasteiger partial charge on any atom is -0.497 e. The molecule has 0 spiro atoms. The van der Waals surface area contributed by atoms with E-state index in [4.69, 9.17) is 14.2 Å². The zero-order valence-corrected chi connectivity index (χ0v) is 16.6. The molecule has 0 radical (unpaired) electrons. The van der Waals surface area contributed by atoms with Crippen molar-refractivity contribution in [1.82, 2.24) is 9.97 Å². The summed E-state index contributed by atoms with van der Waals surface area (Å²) in [4.78, 5) is 21.2. The first-order valence-electron chi connectivity index (χ1n) is 8.82. The van der Waals surface area contributed by atoms with Crippen LogP contribution >= 0.6 is 0 Å². The Morgan fingerprint density at radius 2 is 1.69 bits per heavy atom. The van der Waals surface area contributed by atoms with Crippen LogP contribution in [-0.2, 0) is 0 Å². The van der Waals surface area contributed by atoms with Crippen LogP contribution in [0.1, 0.15) is 16.1 Å². The number of ether oxygens (including phenoxy) is 3. The van der Waals surface area contributed by atoms with E-state index in [1.165, 1.54) is 19.4 Å². The number of aromatic nitrogens is 2. The highest BCUT2D eigenvalue weighted by molar-refractivity contribution is 6.03. The second-order valence-corrected chi connectivity index (χ2v) is 6.11. The van der Waals surface area contributed by atoms with Crippen LogP contribution in [0.3, 0.4) is 0 Å². The molecule has 2 aromatic carbocycles. The maximum Gasteiger partial charge on any atom is 0.274 e. The lowest BCUT2D eigenvalue weighted by atomic mass is 10.2. The number of rotatable bonds is 7. The molecule has 0 unspecified atom stereocenters. The van der Waals surface area contributed by atoms with Gasteiger partial charge >= 0.3 is 0 Å². The molecule has 3 aromatic rings. The van der Waals surface area contributed by atoms with Gasteiger partial charge in [-0.15, -0.1) is 0 Å². The number of amides is 1. The van der Waals surface area contributed by atoms with Crippen molar-refractivity contribution in [3.05, 3.63) is 59.9 Å². The minimum atomic E-state index is -0.393. The molecule has 0 saturated heterocycles. The predicted molar refractivity (Wildman–Crippen MR) is 111 cm³/mol. The smallest absolute Gasteiger partial charge is 0.274 e. The van der Waals surface area contributed by atoms with Crippen molar-refractivity contribution in [2.75, 3.05) is 32.0 Å². The van der Waals surface area contributed by atoms with Crippen LogP contribution in [0.2, 0.25) is 0 Å². The Morgan fingerprint density at radius 3 is 2.41 bits per heavy atom. The van der Waals surface area contributed by atoms with Crippen LogP contribution in [0, 0.1) is 6.92 Å². The molecule has 0 aliphatic heterocycles. The monoisotopic (exact) mass is 394 g/mol. The molecule has 3 rings (SSSR count). The molecular weight excluding hydrogens is 372 g/mol. The van der Waals surface area contributed by atoms with Crippen molar-refractivity contribution in [2.24, 2.45) is 0 Å². The summed E-state index contributed by atoms with van der Waals surface area (Å²) < 4.78 is 15.8. The molecule has 2 N–H and O–H groups in total. The van der Waals surface area contributed by atoms with Gasteiger partial charge in [0.05, 0.1) is 32.7 Å². The summed E-state index contributed by atoms with van der Waals surface area (Å²) in [5.74, 6) is 1.64. The van der Waals surface area contributed by atoms with Gasteiger partial charge in [0, 0.05) is 12.3 Å². The highest BCUT2D eigenvalue weighted by atomic mass is 16.5. The van der Waals surface area contributed by atoms with Gasteiger partial charge in [0.2, 0.25) is 5.95 Å². The lowest BCUT2D eigenvalue weighted by molar-refractivity contribution is 0.102. The predicted octanol–water partition coefficient (Wildman–Crippen LogP) is 3.81. The van der Waals surface area contributed by atoms with Gasteiger partial charge in [-0.2, -0.15) is 0 Å². The van der Waals surface area contributed by atoms with Crippen LogP contribution in [-0.4, -0.2) is 37.2 Å². The molecule has 8 nitrogen and oxygen atoms in total. The average molecular weight is 394 g/mol. The molecule has 0 fully saturated rings. The van der Waals surface area contributed by atoms with E-state index in [1.807, 2.05) is 25.1 Å². The molecule has 1 aromatic heterocycles. The number of hydrogen-bond donors (Lipinski definition) is 2. The molecule has 1 heterocycles. The number of carbonyl (C=O) groups is 1. The van der Waals surface area contributed by atoms with Crippen molar-refractivity contribution in [1.29, 1.82) is 0 Å². The lowest BCUT2D eigenvalue weighted by Gasteiger charge is -2.13.